The Kier molecular flexibility index (Phi) is 4.96. The van der Waals surface area contributed by atoms with Crippen molar-refractivity contribution in [2.24, 2.45) is 0 Å². The summed E-state index contributed by atoms with van der Waals surface area (Å²) in [6.07, 6.45) is 0.0117. The van der Waals surface area contributed by atoms with Gasteiger partial charge in [-0.15, -0.1) is 0 Å². The van der Waals surface area contributed by atoms with Crippen LogP contribution in [-0.2, 0) is 16.0 Å². The van der Waals surface area contributed by atoms with Crippen LogP contribution in [0.5, 0.6) is 0 Å². The molecule has 0 radical (unpaired) electrons. The lowest BCUT2D eigenvalue weighted by atomic mass is 10.1. The van der Waals surface area contributed by atoms with E-state index < -0.39 is 17.9 Å². The molecule has 0 aromatic heterocycles. The second-order valence-corrected chi connectivity index (χ2v) is 3.81. The van der Waals surface area contributed by atoms with Gasteiger partial charge in [-0.3, -0.25) is 4.79 Å². The zero-order valence-electron chi connectivity index (χ0n) is 8.89. The molecule has 1 aromatic carbocycles. The van der Waals surface area contributed by atoms with E-state index in [2.05, 4.69) is 17.9 Å². The maximum Gasteiger partial charge on any atom is 0.327 e. The smallest absolute Gasteiger partial charge is 0.327 e. The first-order chi connectivity index (χ1) is 8.02. The molecule has 1 atom stereocenters. The van der Waals surface area contributed by atoms with Crippen molar-refractivity contribution in [3.8, 4) is 0 Å². The van der Waals surface area contributed by atoms with Gasteiger partial charge in [0.15, 0.2) is 0 Å². The molecular weight excluding hydrogens is 245 g/mol. The van der Waals surface area contributed by atoms with E-state index >= 15 is 0 Å². The molecule has 1 amide bonds. The summed E-state index contributed by atoms with van der Waals surface area (Å²) >= 11 is 3.82. The van der Waals surface area contributed by atoms with Crippen LogP contribution in [0.3, 0.4) is 0 Å². The van der Waals surface area contributed by atoms with E-state index in [4.69, 9.17) is 5.11 Å². The highest BCUT2D eigenvalue weighted by atomic mass is 32.1. The fourth-order valence-electron chi connectivity index (χ4n) is 1.22. The summed E-state index contributed by atoms with van der Waals surface area (Å²) in [6, 6.07) is 4.44. The van der Waals surface area contributed by atoms with Gasteiger partial charge in [0.25, 0.3) is 0 Å². The molecule has 6 heteroatoms. The number of hydrogen-bond acceptors (Lipinski definition) is 3. The molecule has 0 bridgehead atoms. The van der Waals surface area contributed by atoms with Crippen molar-refractivity contribution in [1.82, 2.24) is 5.32 Å². The average molecular weight is 257 g/mol. The third kappa shape index (κ3) is 4.44. The minimum Gasteiger partial charge on any atom is -0.480 e. The van der Waals surface area contributed by atoms with E-state index in [1.165, 1.54) is 24.3 Å². The average Bonchev–Trinajstić information content (AvgIpc) is 2.28. The molecule has 1 unspecified atom stereocenters. The van der Waals surface area contributed by atoms with Gasteiger partial charge in [0.2, 0.25) is 5.91 Å². The van der Waals surface area contributed by atoms with E-state index in [1.807, 2.05) is 0 Å². The first-order valence-corrected chi connectivity index (χ1v) is 5.53. The molecular formula is C11H12FNO3S. The van der Waals surface area contributed by atoms with Crippen molar-refractivity contribution >= 4 is 24.5 Å². The molecule has 0 heterocycles. The first-order valence-electron chi connectivity index (χ1n) is 4.90. The monoisotopic (exact) mass is 257 g/mol. The number of carboxylic acids is 1. The van der Waals surface area contributed by atoms with Crippen LogP contribution < -0.4 is 5.32 Å². The third-order valence-corrected chi connectivity index (χ3v) is 2.46. The van der Waals surface area contributed by atoms with Gasteiger partial charge in [-0.05, 0) is 17.7 Å². The maximum atomic E-state index is 12.6. The molecule has 92 valence electrons. The summed E-state index contributed by atoms with van der Waals surface area (Å²) in [4.78, 5) is 22.1. The number of halogens is 1. The first kappa shape index (κ1) is 13.5. The highest BCUT2D eigenvalue weighted by Gasteiger charge is 2.17. The number of nitrogens with one attached hydrogen (secondary N) is 1. The third-order valence-electron chi connectivity index (χ3n) is 2.09. The molecule has 0 spiro atoms. The lowest BCUT2D eigenvalue weighted by molar-refractivity contribution is -0.141. The topological polar surface area (TPSA) is 66.4 Å². The van der Waals surface area contributed by atoms with Gasteiger partial charge in [-0.1, -0.05) is 12.1 Å². The van der Waals surface area contributed by atoms with Crippen LogP contribution in [0.1, 0.15) is 5.56 Å². The van der Waals surface area contributed by atoms with Crippen LogP contribution in [0.2, 0.25) is 0 Å². The number of carbonyl (C=O) groups excluding carboxylic acids is 1. The van der Waals surface area contributed by atoms with Crippen molar-refractivity contribution in [2.75, 3.05) is 5.75 Å². The van der Waals surface area contributed by atoms with E-state index in [1.54, 1.807) is 0 Å². The number of benzene rings is 1. The van der Waals surface area contributed by atoms with Gasteiger partial charge in [0, 0.05) is 5.75 Å². The summed E-state index contributed by atoms with van der Waals surface area (Å²) < 4.78 is 12.6. The summed E-state index contributed by atoms with van der Waals surface area (Å²) in [5.41, 5.74) is 0.618. The van der Waals surface area contributed by atoms with Gasteiger partial charge in [0.05, 0.1) is 6.42 Å². The Balaban J connectivity index is 2.54. The number of aliphatic carboxylic acids is 1. The molecule has 0 saturated carbocycles. The van der Waals surface area contributed by atoms with Crippen LogP contribution >= 0.6 is 12.6 Å². The van der Waals surface area contributed by atoms with E-state index in [-0.39, 0.29) is 18.0 Å². The Morgan fingerprint density at radius 3 is 2.41 bits per heavy atom. The van der Waals surface area contributed by atoms with Gasteiger partial charge >= 0.3 is 5.97 Å². The second-order valence-electron chi connectivity index (χ2n) is 3.44. The number of rotatable bonds is 5. The molecule has 1 rings (SSSR count). The van der Waals surface area contributed by atoms with E-state index in [0.29, 0.717) is 5.56 Å². The summed E-state index contributed by atoms with van der Waals surface area (Å²) in [7, 11) is 0. The minimum atomic E-state index is -1.13. The predicted octanol–water partition coefficient (Wildman–Crippen LogP) is 0.867. The molecule has 0 saturated heterocycles. The summed E-state index contributed by atoms with van der Waals surface area (Å²) in [5.74, 6) is -1.93. The van der Waals surface area contributed by atoms with Crippen molar-refractivity contribution in [3.05, 3.63) is 35.6 Å². The minimum absolute atomic E-state index is 0.0117. The Morgan fingerprint density at radius 2 is 1.94 bits per heavy atom. The molecule has 0 fully saturated rings. The van der Waals surface area contributed by atoms with E-state index in [9.17, 15) is 14.0 Å². The van der Waals surface area contributed by atoms with Gasteiger partial charge in [-0.2, -0.15) is 12.6 Å². The SMILES string of the molecule is O=C(Cc1ccc(F)cc1)NC(CS)C(=O)O. The van der Waals surface area contributed by atoms with Crippen LogP contribution in [0.4, 0.5) is 4.39 Å². The molecule has 2 N–H and O–H groups in total. The Hall–Kier alpha value is -1.56. The zero-order valence-corrected chi connectivity index (χ0v) is 9.78. The van der Waals surface area contributed by atoms with Gasteiger partial charge in [0.1, 0.15) is 11.9 Å². The van der Waals surface area contributed by atoms with Crippen molar-refractivity contribution in [3.63, 3.8) is 0 Å². The largest absolute Gasteiger partial charge is 0.480 e. The van der Waals surface area contributed by atoms with Gasteiger partial charge < -0.3 is 10.4 Å². The maximum absolute atomic E-state index is 12.6. The van der Waals surface area contributed by atoms with Gasteiger partial charge in [-0.25, -0.2) is 9.18 Å². The highest BCUT2D eigenvalue weighted by Crippen LogP contribution is 2.03. The quantitative estimate of drug-likeness (QED) is 0.686. The highest BCUT2D eigenvalue weighted by molar-refractivity contribution is 7.80. The van der Waals surface area contributed by atoms with Crippen molar-refractivity contribution in [2.45, 2.75) is 12.5 Å². The Morgan fingerprint density at radius 1 is 1.35 bits per heavy atom. The molecule has 0 aliphatic carbocycles. The van der Waals surface area contributed by atoms with Crippen LogP contribution in [0.25, 0.3) is 0 Å². The number of amides is 1. The standard InChI is InChI=1S/C11H12FNO3S/c12-8-3-1-7(2-4-8)5-10(14)13-9(6-17)11(15)16/h1-4,9,17H,5-6H2,(H,13,14)(H,15,16). The number of carboxylic acid groups (broad SMARTS) is 1. The second kappa shape index (κ2) is 6.24. The predicted molar refractivity (Wildman–Crippen MR) is 63.5 cm³/mol. The van der Waals surface area contributed by atoms with Crippen LogP contribution in [0.15, 0.2) is 24.3 Å². The molecule has 0 aliphatic heterocycles. The summed E-state index contributed by atoms with van der Waals surface area (Å²) in [5, 5.41) is 11.0. The van der Waals surface area contributed by atoms with Crippen molar-refractivity contribution in [1.29, 1.82) is 0 Å². The molecule has 0 aliphatic rings. The molecule has 17 heavy (non-hydrogen) atoms. The van der Waals surface area contributed by atoms with Crippen LogP contribution in [-0.4, -0.2) is 28.8 Å². The number of thiol groups is 1. The molecule has 4 nitrogen and oxygen atoms in total. The molecule has 1 aromatic rings. The van der Waals surface area contributed by atoms with Crippen LogP contribution in [0, 0.1) is 5.82 Å². The number of hydrogen-bond donors (Lipinski definition) is 3. The van der Waals surface area contributed by atoms with Crippen molar-refractivity contribution < 1.29 is 19.1 Å². The normalized spacial score (nSPS) is 11.9. The van der Waals surface area contributed by atoms with E-state index in [0.717, 1.165) is 0 Å². The Bertz CT molecular complexity index is 408. The zero-order chi connectivity index (χ0) is 12.8. The Labute approximate surface area is 103 Å². The fraction of sp³-hybridized carbons (Fsp3) is 0.273. The summed E-state index contributed by atoms with van der Waals surface area (Å²) in [6.45, 7) is 0. The fourth-order valence-corrected chi connectivity index (χ4v) is 1.47. The lowest BCUT2D eigenvalue weighted by Crippen LogP contribution is -2.42. The number of carbonyl (C=O) groups is 2. The lowest BCUT2D eigenvalue weighted by Gasteiger charge is -2.11.